The van der Waals surface area contributed by atoms with Crippen LogP contribution in [0.4, 0.5) is 0 Å². The van der Waals surface area contributed by atoms with Crippen molar-refractivity contribution in [2.45, 2.75) is 38.5 Å². The summed E-state index contributed by atoms with van der Waals surface area (Å²) in [5.74, 6) is 0.884. The summed E-state index contributed by atoms with van der Waals surface area (Å²) in [6.45, 7) is 6.63. The zero-order chi connectivity index (χ0) is 17.7. The standard InChI is InChI=1S/C19H25ClN4S/c1-3-21-18(22-11-8-17-12-25-14(2)24-17)23-13-19(9-10-19)15-4-6-16(20)7-5-15/h4-7,12H,3,8-11,13H2,1-2H3,(H2,21,22,23). The molecule has 1 aliphatic rings. The van der Waals surface area contributed by atoms with E-state index in [1.54, 1.807) is 11.3 Å². The van der Waals surface area contributed by atoms with Gasteiger partial charge in [-0.25, -0.2) is 4.98 Å². The van der Waals surface area contributed by atoms with Gasteiger partial charge in [0.15, 0.2) is 5.96 Å². The van der Waals surface area contributed by atoms with Gasteiger partial charge in [0.05, 0.1) is 17.2 Å². The number of thiazole rings is 1. The summed E-state index contributed by atoms with van der Waals surface area (Å²) in [5.41, 5.74) is 2.68. The van der Waals surface area contributed by atoms with Crippen LogP contribution in [0.2, 0.25) is 5.02 Å². The monoisotopic (exact) mass is 376 g/mol. The number of halogens is 1. The third-order valence-corrected chi connectivity index (χ3v) is 5.61. The number of hydrogen-bond donors (Lipinski definition) is 2. The van der Waals surface area contributed by atoms with Gasteiger partial charge in [-0.1, -0.05) is 23.7 Å². The van der Waals surface area contributed by atoms with Crippen LogP contribution >= 0.6 is 22.9 Å². The molecule has 0 bridgehead atoms. The van der Waals surface area contributed by atoms with Crippen molar-refractivity contribution in [1.82, 2.24) is 15.6 Å². The van der Waals surface area contributed by atoms with Crippen molar-refractivity contribution in [3.63, 3.8) is 0 Å². The Kier molecular flexibility index (Phi) is 5.97. The normalized spacial score (nSPS) is 15.9. The van der Waals surface area contributed by atoms with Crippen LogP contribution in [0.1, 0.15) is 36.0 Å². The van der Waals surface area contributed by atoms with Gasteiger partial charge in [-0.2, -0.15) is 0 Å². The number of nitrogens with one attached hydrogen (secondary N) is 2. The van der Waals surface area contributed by atoms with Crippen molar-refractivity contribution in [1.29, 1.82) is 0 Å². The summed E-state index contributed by atoms with van der Waals surface area (Å²) in [4.78, 5) is 9.33. The number of aryl methyl sites for hydroxylation is 1. The molecule has 1 heterocycles. The molecule has 4 nitrogen and oxygen atoms in total. The Labute approximate surface area is 158 Å². The minimum Gasteiger partial charge on any atom is -0.357 e. The molecule has 25 heavy (non-hydrogen) atoms. The molecule has 3 rings (SSSR count). The molecule has 1 aliphatic carbocycles. The highest BCUT2D eigenvalue weighted by Gasteiger charge is 2.44. The maximum absolute atomic E-state index is 6.01. The van der Waals surface area contributed by atoms with Crippen molar-refractivity contribution in [2.24, 2.45) is 4.99 Å². The number of aliphatic imine (C=N–C) groups is 1. The van der Waals surface area contributed by atoms with Crippen LogP contribution in [0, 0.1) is 6.92 Å². The maximum Gasteiger partial charge on any atom is 0.191 e. The Morgan fingerprint density at radius 1 is 1.28 bits per heavy atom. The molecule has 0 saturated heterocycles. The van der Waals surface area contributed by atoms with E-state index in [4.69, 9.17) is 16.6 Å². The smallest absolute Gasteiger partial charge is 0.191 e. The third-order valence-electron chi connectivity index (χ3n) is 4.53. The molecule has 1 fully saturated rings. The van der Waals surface area contributed by atoms with Crippen LogP contribution in [-0.4, -0.2) is 30.6 Å². The Hall–Kier alpha value is -1.59. The summed E-state index contributed by atoms with van der Waals surface area (Å²) in [6.07, 6.45) is 3.29. The second-order valence-corrected chi connectivity index (χ2v) is 8.02. The van der Waals surface area contributed by atoms with Gasteiger partial charge in [0.2, 0.25) is 0 Å². The fourth-order valence-corrected chi connectivity index (χ4v) is 3.67. The molecule has 0 amide bonds. The molecule has 2 N–H and O–H groups in total. The lowest BCUT2D eigenvalue weighted by atomic mass is 9.96. The molecule has 0 radical (unpaired) electrons. The minimum absolute atomic E-state index is 0.193. The van der Waals surface area contributed by atoms with E-state index in [0.29, 0.717) is 0 Å². The van der Waals surface area contributed by atoms with Crippen LogP contribution in [0.5, 0.6) is 0 Å². The maximum atomic E-state index is 6.01. The van der Waals surface area contributed by atoms with E-state index in [1.807, 2.05) is 19.1 Å². The van der Waals surface area contributed by atoms with Gasteiger partial charge in [0.1, 0.15) is 0 Å². The van der Waals surface area contributed by atoms with Crippen LogP contribution in [0.25, 0.3) is 0 Å². The minimum atomic E-state index is 0.193. The van der Waals surface area contributed by atoms with E-state index >= 15 is 0 Å². The van der Waals surface area contributed by atoms with Crippen LogP contribution in [0.15, 0.2) is 34.6 Å². The first kappa shape index (κ1) is 18.2. The SMILES string of the molecule is CCNC(=NCC1(c2ccc(Cl)cc2)CC1)NCCc1csc(C)n1. The van der Waals surface area contributed by atoms with Crippen LogP contribution in [0.3, 0.4) is 0 Å². The Bertz CT molecular complexity index is 719. The molecule has 0 atom stereocenters. The number of benzene rings is 1. The summed E-state index contributed by atoms with van der Waals surface area (Å²) < 4.78 is 0. The van der Waals surface area contributed by atoms with E-state index in [0.717, 1.165) is 47.7 Å². The molecule has 1 saturated carbocycles. The highest BCUT2D eigenvalue weighted by atomic mass is 35.5. The van der Waals surface area contributed by atoms with Crippen LogP contribution in [-0.2, 0) is 11.8 Å². The molecule has 0 spiro atoms. The first-order valence-corrected chi connectivity index (χ1v) is 10.1. The summed E-state index contributed by atoms with van der Waals surface area (Å²) >= 11 is 7.71. The summed E-state index contributed by atoms with van der Waals surface area (Å²) in [6, 6.07) is 8.21. The molecular formula is C19H25ClN4S. The van der Waals surface area contributed by atoms with Gasteiger partial charge in [0.25, 0.3) is 0 Å². The highest BCUT2D eigenvalue weighted by Crippen LogP contribution is 2.48. The van der Waals surface area contributed by atoms with Gasteiger partial charge in [0, 0.05) is 35.3 Å². The molecule has 1 aromatic carbocycles. The third kappa shape index (κ3) is 4.95. The number of nitrogens with zero attached hydrogens (tertiary/aromatic N) is 2. The Morgan fingerprint density at radius 2 is 2.04 bits per heavy atom. The van der Waals surface area contributed by atoms with Gasteiger partial charge in [-0.15, -0.1) is 11.3 Å². The van der Waals surface area contributed by atoms with Crippen molar-refractivity contribution in [3.8, 4) is 0 Å². The number of rotatable bonds is 7. The zero-order valence-corrected chi connectivity index (χ0v) is 16.4. The van der Waals surface area contributed by atoms with Gasteiger partial charge in [-0.05, 0) is 44.4 Å². The van der Waals surface area contributed by atoms with E-state index in [9.17, 15) is 0 Å². The molecule has 0 aliphatic heterocycles. The Balaban J connectivity index is 1.57. The van der Waals surface area contributed by atoms with Gasteiger partial charge < -0.3 is 10.6 Å². The molecule has 2 aromatic rings. The number of aromatic nitrogens is 1. The summed E-state index contributed by atoms with van der Waals surface area (Å²) in [5, 5.41) is 10.8. The predicted octanol–water partition coefficient (Wildman–Crippen LogP) is 3.93. The molecule has 0 unspecified atom stereocenters. The van der Waals surface area contributed by atoms with Crippen molar-refractivity contribution >= 4 is 28.9 Å². The lowest BCUT2D eigenvalue weighted by Gasteiger charge is -2.16. The van der Waals surface area contributed by atoms with Crippen LogP contribution < -0.4 is 10.6 Å². The molecular weight excluding hydrogens is 352 g/mol. The lowest BCUT2D eigenvalue weighted by molar-refractivity contribution is 0.691. The van der Waals surface area contributed by atoms with Crippen molar-refractivity contribution in [3.05, 3.63) is 50.9 Å². The largest absolute Gasteiger partial charge is 0.357 e. The second kappa shape index (κ2) is 8.19. The Morgan fingerprint density at radius 3 is 2.64 bits per heavy atom. The fraction of sp³-hybridized carbons (Fsp3) is 0.474. The van der Waals surface area contributed by atoms with Crippen molar-refractivity contribution < 1.29 is 0 Å². The first-order valence-electron chi connectivity index (χ1n) is 8.80. The predicted molar refractivity (Wildman–Crippen MR) is 107 cm³/mol. The lowest BCUT2D eigenvalue weighted by Crippen LogP contribution is -2.39. The number of hydrogen-bond acceptors (Lipinski definition) is 3. The van der Waals surface area contributed by atoms with Gasteiger partial charge in [-0.3, -0.25) is 4.99 Å². The fourth-order valence-electron chi connectivity index (χ4n) is 2.90. The van der Waals surface area contributed by atoms with E-state index in [-0.39, 0.29) is 5.41 Å². The van der Waals surface area contributed by atoms with E-state index in [1.165, 1.54) is 18.4 Å². The second-order valence-electron chi connectivity index (χ2n) is 6.52. The topological polar surface area (TPSA) is 49.3 Å². The molecule has 6 heteroatoms. The van der Waals surface area contributed by atoms with E-state index < -0.39 is 0 Å². The summed E-state index contributed by atoms with van der Waals surface area (Å²) in [7, 11) is 0. The zero-order valence-electron chi connectivity index (χ0n) is 14.8. The van der Waals surface area contributed by atoms with E-state index in [2.05, 4.69) is 40.1 Å². The van der Waals surface area contributed by atoms with Crippen molar-refractivity contribution in [2.75, 3.05) is 19.6 Å². The number of guanidine groups is 1. The van der Waals surface area contributed by atoms with Gasteiger partial charge >= 0.3 is 0 Å². The molecule has 1 aromatic heterocycles. The molecule has 134 valence electrons. The quantitative estimate of drug-likeness (QED) is 0.568. The first-order chi connectivity index (χ1) is 12.1. The average molecular weight is 377 g/mol. The average Bonchev–Trinajstić information content (AvgIpc) is 3.28. The highest BCUT2D eigenvalue weighted by molar-refractivity contribution is 7.09.